The van der Waals surface area contributed by atoms with Crippen LogP contribution in [0.5, 0.6) is 0 Å². The second-order valence-corrected chi connectivity index (χ2v) is 9.17. The summed E-state index contributed by atoms with van der Waals surface area (Å²) in [7, 11) is 1.97. The molecule has 3 rings (SSSR count). The highest BCUT2D eigenvalue weighted by Crippen LogP contribution is 2.27. The van der Waals surface area contributed by atoms with Crippen molar-refractivity contribution >= 4 is 17.6 Å². The maximum absolute atomic E-state index is 12.9. The largest absolute Gasteiger partial charge is 0.334 e. The van der Waals surface area contributed by atoms with Gasteiger partial charge in [-0.05, 0) is 62.3 Å². The molecule has 1 saturated heterocycles. The van der Waals surface area contributed by atoms with Crippen molar-refractivity contribution in [2.45, 2.75) is 63.8 Å². The van der Waals surface area contributed by atoms with Crippen LogP contribution in [0, 0.1) is 11.8 Å². The summed E-state index contributed by atoms with van der Waals surface area (Å²) in [6, 6.07) is 8.46. The van der Waals surface area contributed by atoms with Gasteiger partial charge >= 0.3 is 6.03 Å². The van der Waals surface area contributed by atoms with E-state index >= 15 is 0 Å². The molecule has 2 atom stereocenters. The third kappa shape index (κ3) is 6.66. The van der Waals surface area contributed by atoms with E-state index in [1.165, 1.54) is 44.1 Å². The van der Waals surface area contributed by atoms with Crippen molar-refractivity contribution < 1.29 is 4.79 Å². The lowest BCUT2D eigenvalue weighted by Gasteiger charge is -2.35. The Kier molecular flexibility index (Phi) is 8.47. The predicted molar refractivity (Wildman–Crippen MR) is 117 cm³/mol. The number of nitrogens with zero attached hydrogens (tertiary/aromatic N) is 1. The van der Waals surface area contributed by atoms with Gasteiger partial charge in [-0.3, -0.25) is 0 Å². The number of amides is 2. The van der Waals surface area contributed by atoms with E-state index in [0.717, 1.165) is 49.8 Å². The van der Waals surface area contributed by atoms with Gasteiger partial charge in [0.15, 0.2) is 0 Å². The minimum atomic E-state index is 0.117. The maximum atomic E-state index is 12.9. The topological polar surface area (TPSA) is 44.4 Å². The van der Waals surface area contributed by atoms with Crippen molar-refractivity contribution in [2.24, 2.45) is 11.8 Å². The van der Waals surface area contributed by atoms with E-state index in [4.69, 9.17) is 11.6 Å². The van der Waals surface area contributed by atoms with Crippen LogP contribution in [0.25, 0.3) is 0 Å². The zero-order valence-corrected chi connectivity index (χ0v) is 18.0. The molecule has 0 bridgehead atoms. The summed E-state index contributed by atoms with van der Waals surface area (Å²) in [6.07, 6.45) is 11.1. The molecule has 2 N–H and O–H groups in total. The second-order valence-electron chi connectivity index (χ2n) is 8.73. The molecule has 1 saturated carbocycles. The summed E-state index contributed by atoms with van der Waals surface area (Å²) in [5.41, 5.74) is 1.27. The Morgan fingerprint density at radius 2 is 1.96 bits per heavy atom. The van der Waals surface area contributed by atoms with E-state index < -0.39 is 0 Å². The van der Waals surface area contributed by atoms with E-state index in [1.807, 2.05) is 30.1 Å². The number of urea groups is 1. The molecule has 5 heteroatoms. The van der Waals surface area contributed by atoms with Crippen LogP contribution in [0.1, 0.15) is 56.9 Å². The molecule has 2 fully saturated rings. The summed E-state index contributed by atoms with van der Waals surface area (Å²) < 4.78 is 0. The van der Waals surface area contributed by atoms with Crippen LogP contribution in [-0.4, -0.2) is 43.7 Å². The lowest BCUT2D eigenvalue weighted by atomic mass is 9.85. The summed E-state index contributed by atoms with van der Waals surface area (Å²) in [5, 5.41) is 7.39. The average molecular weight is 406 g/mol. The average Bonchev–Trinajstić information content (AvgIpc) is 2.69. The van der Waals surface area contributed by atoms with Crippen molar-refractivity contribution in [2.75, 3.05) is 26.7 Å². The number of hydrogen-bond donors (Lipinski definition) is 2. The van der Waals surface area contributed by atoms with E-state index in [0.29, 0.717) is 5.92 Å². The summed E-state index contributed by atoms with van der Waals surface area (Å²) >= 11 is 6.13. The van der Waals surface area contributed by atoms with Gasteiger partial charge in [-0.1, -0.05) is 55.8 Å². The smallest absolute Gasteiger partial charge is 0.317 e. The number of likely N-dealkylation sites (N-methyl/N-ethyl adjacent to an activating group) is 1. The standard InChI is InChI=1S/C23H36ClN3O/c1-25-16-22(15-18-7-3-2-4-8-18)26-23(28)27-12-6-10-20(17-27)13-19-9-5-11-21(24)14-19/h5,9,11,14,18,20,22,25H,2-4,6-8,10,12-13,15-17H2,1H3,(H,26,28)/t20-,22-/m0/s1. The first kappa shape index (κ1) is 21.4. The molecule has 1 aliphatic carbocycles. The molecule has 1 aromatic rings. The Morgan fingerprint density at radius 3 is 2.71 bits per heavy atom. The van der Waals surface area contributed by atoms with Crippen molar-refractivity contribution in [1.29, 1.82) is 0 Å². The number of piperidine rings is 1. The maximum Gasteiger partial charge on any atom is 0.317 e. The fourth-order valence-corrected chi connectivity index (χ4v) is 5.16. The summed E-state index contributed by atoms with van der Waals surface area (Å²) in [5.74, 6) is 1.28. The van der Waals surface area contributed by atoms with Crippen LogP contribution in [0.3, 0.4) is 0 Å². The Balaban J connectivity index is 1.51. The number of carbonyl (C=O) groups excluding carboxylic acids is 1. The van der Waals surface area contributed by atoms with Gasteiger partial charge in [0.25, 0.3) is 0 Å². The molecule has 0 unspecified atom stereocenters. The lowest BCUT2D eigenvalue weighted by Crippen LogP contribution is -2.51. The lowest BCUT2D eigenvalue weighted by molar-refractivity contribution is 0.159. The molecule has 2 amide bonds. The zero-order chi connectivity index (χ0) is 19.8. The normalized spacial score (nSPS) is 22.1. The van der Waals surface area contributed by atoms with Crippen LogP contribution >= 0.6 is 11.6 Å². The van der Waals surface area contributed by atoms with Crippen LogP contribution in [0.15, 0.2) is 24.3 Å². The molecule has 1 heterocycles. The number of carbonyl (C=O) groups is 1. The molecular formula is C23H36ClN3O. The predicted octanol–water partition coefficient (Wildman–Crippen LogP) is 4.86. The van der Waals surface area contributed by atoms with Gasteiger partial charge in [0.1, 0.15) is 0 Å². The van der Waals surface area contributed by atoms with E-state index in [-0.39, 0.29) is 12.1 Å². The third-order valence-electron chi connectivity index (χ3n) is 6.34. The van der Waals surface area contributed by atoms with Gasteiger partial charge in [0.2, 0.25) is 0 Å². The van der Waals surface area contributed by atoms with Gasteiger partial charge in [-0.15, -0.1) is 0 Å². The zero-order valence-electron chi connectivity index (χ0n) is 17.3. The molecule has 2 aliphatic rings. The van der Waals surface area contributed by atoms with Gasteiger partial charge < -0.3 is 15.5 Å². The first-order valence-electron chi connectivity index (χ1n) is 11.1. The van der Waals surface area contributed by atoms with E-state index in [9.17, 15) is 4.79 Å². The van der Waals surface area contributed by atoms with Gasteiger partial charge in [0, 0.05) is 30.7 Å². The van der Waals surface area contributed by atoms with E-state index in [1.54, 1.807) is 0 Å². The van der Waals surface area contributed by atoms with E-state index in [2.05, 4.69) is 16.7 Å². The first-order valence-corrected chi connectivity index (χ1v) is 11.5. The van der Waals surface area contributed by atoms with Crippen LogP contribution in [0.4, 0.5) is 4.79 Å². The molecule has 1 aromatic carbocycles. The summed E-state index contributed by atoms with van der Waals surface area (Å²) in [4.78, 5) is 15.0. The van der Waals surface area contributed by atoms with Crippen LogP contribution in [-0.2, 0) is 6.42 Å². The number of rotatable bonds is 7. The van der Waals surface area contributed by atoms with Crippen LogP contribution < -0.4 is 10.6 Å². The number of nitrogens with one attached hydrogen (secondary N) is 2. The molecular weight excluding hydrogens is 370 g/mol. The van der Waals surface area contributed by atoms with Crippen molar-refractivity contribution in [1.82, 2.24) is 15.5 Å². The quantitative estimate of drug-likeness (QED) is 0.680. The summed E-state index contributed by atoms with van der Waals surface area (Å²) in [6.45, 7) is 2.56. The SMILES string of the molecule is CNC[C@H](CC1CCCCC1)NC(=O)N1CCC[C@@H](Cc2cccc(Cl)c2)C1. The Bertz CT molecular complexity index is 618. The Morgan fingerprint density at radius 1 is 1.18 bits per heavy atom. The first-order chi connectivity index (χ1) is 13.6. The fourth-order valence-electron chi connectivity index (χ4n) is 4.94. The van der Waals surface area contributed by atoms with Crippen molar-refractivity contribution in [3.8, 4) is 0 Å². The second kappa shape index (κ2) is 11.1. The van der Waals surface area contributed by atoms with Crippen molar-refractivity contribution in [3.05, 3.63) is 34.9 Å². The highest BCUT2D eigenvalue weighted by molar-refractivity contribution is 6.30. The third-order valence-corrected chi connectivity index (χ3v) is 6.58. The molecule has 4 nitrogen and oxygen atoms in total. The minimum Gasteiger partial charge on any atom is -0.334 e. The van der Waals surface area contributed by atoms with Crippen LogP contribution in [0.2, 0.25) is 5.02 Å². The molecule has 1 aliphatic heterocycles. The monoisotopic (exact) mass is 405 g/mol. The molecule has 0 radical (unpaired) electrons. The number of halogens is 1. The Labute approximate surface area is 175 Å². The number of benzene rings is 1. The fraction of sp³-hybridized carbons (Fsp3) is 0.696. The van der Waals surface area contributed by atoms with Gasteiger partial charge in [-0.25, -0.2) is 4.79 Å². The highest BCUT2D eigenvalue weighted by atomic mass is 35.5. The van der Waals surface area contributed by atoms with Gasteiger partial charge in [-0.2, -0.15) is 0 Å². The Hall–Kier alpha value is -1.26. The molecule has 0 spiro atoms. The van der Waals surface area contributed by atoms with Crippen molar-refractivity contribution in [3.63, 3.8) is 0 Å². The van der Waals surface area contributed by atoms with Gasteiger partial charge in [0.05, 0.1) is 0 Å². The highest BCUT2D eigenvalue weighted by Gasteiger charge is 2.26. The molecule has 156 valence electrons. The number of hydrogen-bond acceptors (Lipinski definition) is 2. The number of likely N-dealkylation sites (tertiary alicyclic amines) is 1. The molecule has 28 heavy (non-hydrogen) atoms. The molecule has 0 aromatic heterocycles. The minimum absolute atomic E-state index is 0.117.